The monoisotopic (exact) mass is 598 g/mol. The van der Waals surface area contributed by atoms with Crippen LogP contribution in [0.15, 0.2) is 0 Å². The molecule has 4 N–H and O–H groups in total. The first kappa shape index (κ1) is 37.5. The number of hydrogen-bond acceptors (Lipinski definition) is 7. The first-order valence-corrected chi connectivity index (χ1v) is 17.9. The third kappa shape index (κ3) is 15.3. The van der Waals surface area contributed by atoms with Gasteiger partial charge in [-0.05, 0) is 51.9 Å². The van der Waals surface area contributed by atoms with Crippen molar-refractivity contribution in [3.05, 3.63) is 0 Å². The quantitative estimate of drug-likeness (QED) is 0.0618. The normalized spacial score (nSPS) is 26.4. The van der Waals surface area contributed by atoms with E-state index in [0.29, 0.717) is 12.8 Å². The minimum absolute atomic E-state index is 0.139. The molecule has 248 valence electrons. The van der Waals surface area contributed by atoms with Crippen molar-refractivity contribution in [3.8, 4) is 0 Å². The van der Waals surface area contributed by atoms with Gasteiger partial charge in [-0.25, -0.2) is 0 Å². The second-order valence-electron chi connectivity index (χ2n) is 13.4. The highest BCUT2D eigenvalue weighted by Gasteiger charge is 2.40. The molecule has 0 bridgehead atoms. The van der Waals surface area contributed by atoms with Crippen LogP contribution in [0.25, 0.3) is 0 Å². The second-order valence-corrected chi connectivity index (χ2v) is 13.4. The lowest BCUT2D eigenvalue weighted by atomic mass is 9.94. The Morgan fingerprint density at radius 2 is 1.10 bits per heavy atom. The average Bonchev–Trinajstić information content (AvgIpc) is 3.56. The largest absolute Gasteiger partial charge is 0.460 e. The van der Waals surface area contributed by atoms with Crippen LogP contribution in [0.3, 0.4) is 0 Å². The number of hydrogen-bond donors (Lipinski definition) is 4. The summed E-state index contributed by atoms with van der Waals surface area (Å²) in [6, 6.07) is 0. The number of carbonyl (C=O) groups excluding carboxylic acids is 1. The summed E-state index contributed by atoms with van der Waals surface area (Å²) in [5.41, 5.74) is 0. The van der Waals surface area contributed by atoms with Crippen LogP contribution < -0.4 is 0 Å². The molecule has 7 nitrogen and oxygen atoms in total. The maximum absolute atomic E-state index is 11.7. The van der Waals surface area contributed by atoms with Crippen molar-refractivity contribution in [1.82, 2.24) is 0 Å². The molecule has 2 heterocycles. The minimum Gasteiger partial charge on any atom is -0.460 e. The maximum atomic E-state index is 11.7. The number of carbonyl (C=O) groups is 1. The van der Waals surface area contributed by atoms with Gasteiger partial charge in [0.15, 0.2) is 0 Å². The average molecular weight is 599 g/mol. The van der Waals surface area contributed by atoms with E-state index in [4.69, 9.17) is 9.47 Å². The zero-order valence-electron chi connectivity index (χ0n) is 27.1. The minimum atomic E-state index is -0.673. The lowest BCUT2D eigenvalue weighted by molar-refractivity contribution is -0.143. The number of cyclic esters (lactones) is 1. The molecule has 0 aromatic heterocycles. The predicted octanol–water partition coefficient (Wildman–Crippen LogP) is 7.14. The summed E-state index contributed by atoms with van der Waals surface area (Å²) in [6.45, 7) is 3.99. The van der Waals surface area contributed by atoms with Crippen molar-refractivity contribution in [2.75, 3.05) is 0 Å². The molecule has 2 aliphatic heterocycles. The summed E-state index contributed by atoms with van der Waals surface area (Å²) in [5, 5.41) is 41.5. The Hall–Kier alpha value is -0.730. The van der Waals surface area contributed by atoms with Crippen molar-refractivity contribution in [2.45, 2.75) is 211 Å². The number of unbranched alkanes of at least 4 members (excludes halogenated alkanes) is 14. The van der Waals surface area contributed by atoms with E-state index in [-0.39, 0.29) is 30.2 Å². The van der Waals surface area contributed by atoms with E-state index < -0.39 is 24.4 Å². The van der Waals surface area contributed by atoms with Gasteiger partial charge in [0.2, 0.25) is 0 Å². The SMILES string of the molecule is CCCCCCCCCCCC[C@H](O)[C@H]1CC[C@H]([C@H](O)CCCCC(O)CCCCCCC[C@@H]2C(=O)O[C@@H](C)[C@@H]2O)O1. The number of rotatable bonds is 26. The van der Waals surface area contributed by atoms with Crippen LogP contribution in [0.4, 0.5) is 0 Å². The first-order valence-electron chi connectivity index (χ1n) is 17.9. The van der Waals surface area contributed by atoms with Crippen LogP contribution in [0.5, 0.6) is 0 Å². The van der Waals surface area contributed by atoms with Crippen molar-refractivity contribution in [1.29, 1.82) is 0 Å². The molecule has 0 aliphatic carbocycles. The number of ether oxygens (including phenoxy) is 2. The van der Waals surface area contributed by atoms with Crippen molar-refractivity contribution in [2.24, 2.45) is 5.92 Å². The Morgan fingerprint density at radius 3 is 1.60 bits per heavy atom. The van der Waals surface area contributed by atoms with Crippen LogP contribution in [0.2, 0.25) is 0 Å². The zero-order chi connectivity index (χ0) is 30.6. The van der Waals surface area contributed by atoms with E-state index in [9.17, 15) is 25.2 Å². The molecular weight excluding hydrogens is 532 g/mol. The molecule has 2 aliphatic rings. The summed E-state index contributed by atoms with van der Waals surface area (Å²) in [4.78, 5) is 11.7. The van der Waals surface area contributed by atoms with Gasteiger partial charge in [-0.15, -0.1) is 0 Å². The van der Waals surface area contributed by atoms with Gasteiger partial charge in [0.1, 0.15) is 12.2 Å². The third-order valence-electron chi connectivity index (χ3n) is 9.63. The number of aliphatic hydroxyl groups excluding tert-OH is 4. The van der Waals surface area contributed by atoms with Crippen LogP contribution in [0, 0.1) is 5.92 Å². The molecule has 2 saturated heterocycles. The van der Waals surface area contributed by atoms with Gasteiger partial charge in [0.25, 0.3) is 0 Å². The third-order valence-corrected chi connectivity index (χ3v) is 9.63. The topological polar surface area (TPSA) is 116 Å². The highest BCUT2D eigenvalue weighted by atomic mass is 16.6. The fourth-order valence-electron chi connectivity index (χ4n) is 6.72. The van der Waals surface area contributed by atoms with E-state index >= 15 is 0 Å². The molecule has 0 radical (unpaired) electrons. The zero-order valence-corrected chi connectivity index (χ0v) is 27.1. The Kier molecular flexibility index (Phi) is 20.3. The summed E-state index contributed by atoms with van der Waals surface area (Å²) < 4.78 is 11.1. The predicted molar refractivity (Wildman–Crippen MR) is 168 cm³/mol. The number of esters is 1. The van der Waals surface area contributed by atoms with Gasteiger partial charge in [-0.3, -0.25) is 4.79 Å². The highest BCUT2D eigenvalue weighted by Crippen LogP contribution is 2.29. The molecular formula is C35H66O7. The van der Waals surface area contributed by atoms with Crippen molar-refractivity contribution in [3.63, 3.8) is 0 Å². The molecule has 0 saturated carbocycles. The fraction of sp³-hybridized carbons (Fsp3) is 0.971. The Balaban J connectivity index is 1.39. The standard InChI is InChI=1S/C35H66O7/c1-3-4-5-6-7-8-9-10-14-17-23-30(37)32-25-26-33(42-32)31(38)24-19-18-21-28(36)20-15-12-11-13-16-22-29-34(39)27(2)41-35(29)40/h27-34,36-39H,3-26H2,1-2H3/t27-,28?,29-,30-,31+,32+,33+,34-/m0/s1. The lowest BCUT2D eigenvalue weighted by Crippen LogP contribution is -2.31. The van der Waals surface area contributed by atoms with E-state index in [0.717, 1.165) is 83.5 Å². The molecule has 8 atom stereocenters. The van der Waals surface area contributed by atoms with Crippen LogP contribution in [0.1, 0.15) is 168 Å². The first-order chi connectivity index (χ1) is 20.3. The summed E-state index contributed by atoms with van der Waals surface area (Å²) in [7, 11) is 0. The molecule has 2 fully saturated rings. The summed E-state index contributed by atoms with van der Waals surface area (Å²) in [6.07, 6.45) is 22.5. The molecule has 2 rings (SSSR count). The van der Waals surface area contributed by atoms with E-state index in [1.54, 1.807) is 6.92 Å². The van der Waals surface area contributed by atoms with Crippen LogP contribution in [-0.2, 0) is 14.3 Å². The van der Waals surface area contributed by atoms with Crippen LogP contribution >= 0.6 is 0 Å². The molecule has 7 heteroatoms. The Labute approximate surface area is 257 Å². The van der Waals surface area contributed by atoms with E-state index in [1.807, 2.05) is 0 Å². The van der Waals surface area contributed by atoms with Crippen LogP contribution in [-0.4, -0.2) is 69.1 Å². The highest BCUT2D eigenvalue weighted by molar-refractivity contribution is 5.75. The second kappa shape index (κ2) is 22.7. The molecule has 42 heavy (non-hydrogen) atoms. The number of aliphatic hydroxyl groups is 4. The van der Waals surface area contributed by atoms with E-state index in [1.165, 1.54) is 57.8 Å². The van der Waals surface area contributed by atoms with Gasteiger partial charge >= 0.3 is 5.97 Å². The summed E-state index contributed by atoms with van der Waals surface area (Å²) in [5.74, 6) is -0.632. The molecule has 0 aromatic carbocycles. The lowest BCUT2D eigenvalue weighted by Gasteiger charge is -2.22. The van der Waals surface area contributed by atoms with Gasteiger partial charge in [-0.1, -0.05) is 116 Å². The van der Waals surface area contributed by atoms with Gasteiger partial charge in [0.05, 0.1) is 36.4 Å². The molecule has 0 aromatic rings. The molecule has 0 spiro atoms. The Bertz CT molecular complexity index is 674. The fourth-order valence-corrected chi connectivity index (χ4v) is 6.72. The van der Waals surface area contributed by atoms with Gasteiger partial charge < -0.3 is 29.9 Å². The maximum Gasteiger partial charge on any atom is 0.312 e. The van der Waals surface area contributed by atoms with Crippen molar-refractivity contribution < 1.29 is 34.7 Å². The molecule has 0 amide bonds. The molecule has 1 unspecified atom stereocenters. The summed E-state index contributed by atoms with van der Waals surface area (Å²) >= 11 is 0. The van der Waals surface area contributed by atoms with Gasteiger partial charge in [-0.2, -0.15) is 0 Å². The smallest absolute Gasteiger partial charge is 0.312 e. The van der Waals surface area contributed by atoms with Gasteiger partial charge in [0, 0.05) is 0 Å². The van der Waals surface area contributed by atoms with E-state index in [2.05, 4.69) is 6.92 Å². The Morgan fingerprint density at radius 1 is 0.667 bits per heavy atom. The van der Waals surface area contributed by atoms with Crippen molar-refractivity contribution >= 4 is 5.97 Å².